The molecule has 0 saturated carbocycles. The number of methoxy groups -OCH3 is 1. The first kappa shape index (κ1) is 20.4. The van der Waals surface area contributed by atoms with Gasteiger partial charge in [0, 0.05) is 20.3 Å². The van der Waals surface area contributed by atoms with E-state index in [4.69, 9.17) is 9.47 Å². The van der Waals surface area contributed by atoms with Gasteiger partial charge in [-0.05, 0) is 42.2 Å². The number of aliphatic hydroxyl groups is 1. The lowest BCUT2D eigenvalue weighted by Gasteiger charge is -2.15. The monoisotopic (exact) mass is 379 g/mol. The Morgan fingerprint density at radius 1 is 1.04 bits per heavy atom. The molecule has 0 aliphatic heterocycles. The third-order valence-electron chi connectivity index (χ3n) is 3.88. The third-order valence-corrected chi connectivity index (χ3v) is 5.32. The average Bonchev–Trinajstić information content (AvgIpc) is 2.66. The van der Waals surface area contributed by atoms with E-state index < -0.39 is 10.0 Å². The molecule has 0 fully saturated rings. The van der Waals surface area contributed by atoms with Crippen LogP contribution in [0.3, 0.4) is 0 Å². The summed E-state index contributed by atoms with van der Waals surface area (Å²) < 4.78 is 37.7. The molecule has 6 nitrogen and oxygen atoms in total. The Balaban J connectivity index is 1.92. The molecule has 0 saturated heterocycles. The van der Waals surface area contributed by atoms with Crippen molar-refractivity contribution in [2.24, 2.45) is 5.92 Å². The summed E-state index contributed by atoms with van der Waals surface area (Å²) in [6, 6.07) is 15.9. The molecule has 0 heterocycles. The van der Waals surface area contributed by atoms with Crippen LogP contribution in [0.1, 0.15) is 5.56 Å². The highest BCUT2D eigenvalue weighted by Crippen LogP contribution is 2.16. The van der Waals surface area contributed by atoms with Crippen molar-refractivity contribution in [3.8, 4) is 5.75 Å². The van der Waals surface area contributed by atoms with E-state index in [2.05, 4.69) is 4.72 Å². The molecule has 1 atom stereocenters. The highest BCUT2D eigenvalue weighted by atomic mass is 32.2. The van der Waals surface area contributed by atoms with Gasteiger partial charge in [0.05, 0.1) is 11.5 Å². The minimum atomic E-state index is -3.64. The second kappa shape index (κ2) is 10.3. The lowest BCUT2D eigenvalue weighted by molar-refractivity contribution is 0.146. The molecule has 2 aromatic carbocycles. The lowest BCUT2D eigenvalue weighted by atomic mass is 10.0. The number of aliphatic hydroxyl groups excluding tert-OH is 1. The Bertz CT molecular complexity index is 747. The van der Waals surface area contributed by atoms with E-state index >= 15 is 0 Å². The number of ether oxygens (including phenoxy) is 2. The molecule has 142 valence electrons. The van der Waals surface area contributed by atoms with Crippen molar-refractivity contribution in [2.45, 2.75) is 11.3 Å². The quantitative estimate of drug-likeness (QED) is 0.582. The average molecular weight is 379 g/mol. The Morgan fingerprint density at radius 3 is 2.35 bits per heavy atom. The van der Waals surface area contributed by atoms with E-state index in [-0.39, 0.29) is 24.0 Å². The van der Waals surface area contributed by atoms with Crippen molar-refractivity contribution in [3.05, 3.63) is 60.2 Å². The predicted molar refractivity (Wildman–Crippen MR) is 99.7 cm³/mol. The van der Waals surface area contributed by atoms with E-state index in [1.54, 1.807) is 19.2 Å². The van der Waals surface area contributed by atoms with E-state index in [1.807, 2.05) is 30.3 Å². The number of nitrogens with one attached hydrogen (secondary N) is 1. The van der Waals surface area contributed by atoms with Gasteiger partial charge >= 0.3 is 0 Å². The molecule has 2 rings (SSSR count). The van der Waals surface area contributed by atoms with E-state index in [0.29, 0.717) is 25.4 Å². The van der Waals surface area contributed by atoms with Gasteiger partial charge in [0.2, 0.25) is 10.0 Å². The van der Waals surface area contributed by atoms with Crippen LogP contribution in [0.2, 0.25) is 0 Å². The molecule has 0 aromatic heterocycles. The van der Waals surface area contributed by atoms with Crippen LogP contribution in [0.5, 0.6) is 5.75 Å². The van der Waals surface area contributed by atoms with Gasteiger partial charge in [-0.15, -0.1) is 0 Å². The van der Waals surface area contributed by atoms with Crippen molar-refractivity contribution in [2.75, 3.05) is 33.5 Å². The Labute approximate surface area is 154 Å². The fraction of sp³-hybridized carbons (Fsp3) is 0.368. The Kier molecular flexibility index (Phi) is 8.06. The highest BCUT2D eigenvalue weighted by Gasteiger charge is 2.17. The van der Waals surface area contributed by atoms with Gasteiger partial charge in [-0.3, -0.25) is 0 Å². The lowest BCUT2D eigenvalue weighted by Crippen LogP contribution is -2.31. The maximum absolute atomic E-state index is 12.4. The van der Waals surface area contributed by atoms with Gasteiger partial charge in [0.25, 0.3) is 0 Å². The minimum Gasteiger partial charge on any atom is -0.491 e. The molecular weight excluding hydrogens is 354 g/mol. The number of hydrogen-bond donors (Lipinski definition) is 2. The van der Waals surface area contributed by atoms with Crippen LogP contribution in [-0.4, -0.2) is 47.0 Å². The van der Waals surface area contributed by atoms with Crippen LogP contribution in [0.25, 0.3) is 0 Å². The molecule has 0 unspecified atom stereocenters. The van der Waals surface area contributed by atoms with Gasteiger partial charge in [0.15, 0.2) is 0 Å². The molecule has 7 heteroatoms. The molecule has 0 radical (unpaired) electrons. The second-order valence-electron chi connectivity index (χ2n) is 5.90. The largest absolute Gasteiger partial charge is 0.491 e. The molecule has 0 amide bonds. The molecule has 0 spiro atoms. The number of rotatable bonds is 11. The maximum atomic E-state index is 12.4. The summed E-state index contributed by atoms with van der Waals surface area (Å²) in [5.74, 6) is 0.391. The van der Waals surface area contributed by atoms with Gasteiger partial charge in [-0.25, -0.2) is 13.1 Å². The molecule has 2 N–H and O–H groups in total. The molecule has 0 aliphatic carbocycles. The van der Waals surface area contributed by atoms with Crippen molar-refractivity contribution in [1.29, 1.82) is 0 Å². The summed E-state index contributed by atoms with van der Waals surface area (Å²) in [5.41, 5.74) is 1.06. The number of sulfonamides is 1. The molecular formula is C19H25NO5S. The molecule has 26 heavy (non-hydrogen) atoms. The molecule has 2 aromatic rings. The Morgan fingerprint density at radius 2 is 1.73 bits per heavy atom. The number of hydrogen-bond acceptors (Lipinski definition) is 5. The molecule has 0 bridgehead atoms. The standard InChI is InChI=1S/C19H25NO5S/c1-24-11-12-25-18-7-9-19(10-8-18)26(22,23)20-14-17(15-21)13-16-5-3-2-4-6-16/h2-10,17,20-21H,11-15H2,1H3/t17-/m0/s1. The van der Waals surface area contributed by atoms with Crippen LogP contribution in [-0.2, 0) is 21.2 Å². The number of benzene rings is 2. The summed E-state index contributed by atoms with van der Waals surface area (Å²) in [5, 5.41) is 9.53. The summed E-state index contributed by atoms with van der Waals surface area (Å²) in [6.45, 7) is 0.938. The van der Waals surface area contributed by atoms with Crippen LogP contribution in [0, 0.1) is 5.92 Å². The zero-order valence-corrected chi connectivity index (χ0v) is 15.6. The van der Waals surface area contributed by atoms with Crippen LogP contribution in [0.15, 0.2) is 59.5 Å². The van der Waals surface area contributed by atoms with Gasteiger partial charge in [-0.2, -0.15) is 0 Å². The van der Waals surface area contributed by atoms with Crippen molar-refractivity contribution < 1.29 is 23.0 Å². The topological polar surface area (TPSA) is 84.9 Å². The second-order valence-corrected chi connectivity index (χ2v) is 7.67. The zero-order valence-electron chi connectivity index (χ0n) is 14.8. The SMILES string of the molecule is COCCOc1ccc(S(=O)(=O)NC[C@@H](CO)Cc2ccccc2)cc1. The van der Waals surface area contributed by atoms with Gasteiger partial charge < -0.3 is 14.6 Å². The van der Waals surface area contributed by atoms with Crippen molar-refractivity contribution in [3.63, 3.8) is 0 Å². The summed E-state index contributed by atoms with van der Waals surface area (Å²) in [6.07, 6.45) is 0.603. The van der Waals surface area contributed by atoms with Gasteiger partial charge in [-0.1, -0.05) is 30.3 Å². The maximum Gasteiger partial charge on any atom is 0.240 e. The van der Waals surface area contributed by atoms with E-state index in [0.717, 1.165) is 5.56 Å². The first-order valence-corrected chi connectivity index (χ1v) is 9.89. The molecule has 0 aliphatic rings. The fourth-order valence-corrected chi connectivity index (χ4v) is 3.53. The fourth-order valence-electron chi connectivity index (χ4n) is 2.42. The summed E-state index contributed by atoms with van der Waals surface area (Å²) in [4.78, 5) is 0.160. The first-order chi connectivity index (χ1) is 12.5. The normalized spacial score (nSPS) is 12.7. The van der Waals surface area contributed by atoms with Gasteiger partial charge in [0.1, 0.15) is 12.4 Å². The van der Waals surface area contributed by atoms with Crippen LogP contribution < -0.4 is 9.46 Å². The van der Waals surface area contributed by atoms with Crippen LogP contribution in [0.4, 0.5) is 0 Å². The van der Waals surface area contributed by atoms with E-state index in [9.17, 15) is 13.5 Å². The van der Waals surface area contributed by atoms with Crippen LogP contribution >= 0.6 is 0 Å². The highest BCUT2D eigenvalue weighted by molar-refractivity contribution is 7.89. The minimum absolute atomic E-state index is 0.0936. The third kappa shape index (κ3) is 6.42. The van der Waals surface area contributed by atoms with E-state index in [1.165, 1.54) is 12.1 Å². The summed E-state index contributed by atoms with van der Waals surface area (Å²) in [7, 11) is -2.06. The van der Waals surface area contributed by atoms with Crippen molar-refractivity contribution >= 4 is 10.0 Å². The summed E-state index contributed by atoms with van der Waals surface area (Å²) >= 11 is 0. The smallest absolute Gasteiger partial charge is 0.240 e. The van der Waals surface area contributed by atoms with Crippen molar-refractivity contribution in [1.82, 2.24) is 4.72 Å². The zero-order chi connectivity index (χ0) is 18.8. The Hall–Kier alpha value is -1.93. The predicted octanol–water partition coefficient (Wildman–Crippen LogP) is 1.84. The first-order valence-electron chi connectivity index (χ1n) is 8.41.